The summed E-state index contributed by atoms with van der Waals surface area (Å²) in [5.41, 5.74) is 5.35. The number of carbonyl (C=O) groups is 1. The Morgan fingerprint density at radius 2 is 2.40 bits per heavy atom. The van der Waals surface area contributed by atoms with E-state index in [0.717, 1.165) is 36.6 Å². The van der Waals surface area contributed by atoms with Crippen LogP contribution in [0.2, 0.25) is 0 Å². The van der Waals surface area contributed by atoms with Gasteiger partial charge in [0, 0.05) is 6.54 Å². The quantitative estimate of drug-likeness (QED) is 0.787. The van der Waals surface area contributed by atoms with E-state index in [0.29, 0.717) is 0 Å². The Morgan fingerprint density at radius 3 is 3.00 bits per heavy atom. The summed E-state index contributed by atoms with van der Waals surface area (Å²) in [7, 11) is 0. The molecule has 1 atom stereocenters. The van der Waals surface area contributed by atoms with Crippen LogP contribution in [0, 0.1) is 6.92 Å². The first-order valence-corrected chi connectivity index (χ1v) is 5.82. The van der Waals surface area contributed by atoms with Crippen LogP contribution in [0.1, 0.15) is 36.1 Å². The molecule has 0 aromatic carbocycles. The van der Waals surface area contributed by atoms with E-state index in [4.69, 9.17) is 5.73 Å². The van der Waals surface area contributed by atoms with Crippen molar-refractivity contribution in [1.82, 2.24) is 14.3 Å². The average Bonchev–Trinajstić information content (AvgIpc) is 2.65. The van der Waals surface area contributed by atoms with Crippen LogP contribution in [0.15, 0.2) is 0 Å². The summed E-state index contributed by atoms with van der Waals surface area (Å²) in [6.45, 7) is 2.59. The van der Waals surface area contributed by atoms with Crippen molar-refractivity contribution in [3.8, 4) is 0 Å². The van der Waals surface area contributed by atoms with Crippen molar-refractivity contribution in [1.29, 1.82) is 0 Å². The van der Waals surface area contributed by atoms with Gasteiger partial charge < -0.3 is 10.6 Å². The number of hydrogen-bond donors (Lipinski definition) is 1. The van der Waals surface area contributed by atoms with E-state index in [1.165, 1.54) is 11.5 Å². The third-order valence-corrected chi connectivity index (χ3v) is 3.52. The second-order valence-electron chi connectivity index (χ2n) is 3.72. The summed E-state index contributed by atoms with van der Waals surface area (Å²) in [6.07, 6.45) is 3.09. The number of rotatable bonds is 1. The normalized spacial score (nSPS) is 21.7. The van der Waals surface area contributed by atoms with Gasteiger partial charge in [-0.15, -0.1) is 0 Å². The van der Waals surface area contributed by atoms with Crippen molar-refractivity contribution in [3.05, 3.63) is 10.8 Å². The van der Waals surface area contributed by atoms with Gasteiger partial charge in [0.05, 0.1) is 6.04 Å². The number of nitrogens with zero attached hydrogens (tertiary/aromatic N) is 3. The Bertz CT molecular complexity index is 365. The molecule has 1 aromatic rings. The van der Waals surface area contributed by atoms with Gasteiger partial charge >= 0.3 is 6.03 Å². The molecule has 1 saturated heterocycles. The highest BCUT2D eigenvalue weighted by atomic mass is 32.1. The van der Waals surface area contributed by atoms with Gasteiger partial charge in [0.15, 0.2) is 0 Å². The largest absolute Gasteiger partial charge is 0.351 e. The minimum absolute atomic E-state index is 0.0439. The Hall–Kier alpha value is -1.17. The van der Waals surface area contributed by atoms with Crippen LogP contribution in [0.5, 0.6) is 0 Å². The number of piperidine rings is 1. The molecule has 15 heavy (non-hydrogen) atoms. The van der Waals surface area contributed by atoms with Crippen molar-refractivity contribution in [2.45, 2.75) is 32.2 Å². The van der Waals surface area contributed by atoms with E-state index < -0.39 is 0 Å². The molecule has 1 aromatic heterocycles. The van der Waals surface area contributed by atoms with Crippen LogP contribution in [-0.4, -0.2) is 26.8 Å². The topological polar surface area (TPSA) is 72.1 Å². The SMILES string of the molecule is Cc1nsc(C2CCCCN2C(N)=O)n1. The molecule has 82 valence electrons. The molecule has 0 saturated carbocycles. The number of hydrogen-bond acceptors (Lipinski definition) is 4. The summed E-state index contributed by atoms with van der Waals surface area (Å²) in [6, 6.07) is -0.310. The Morgan fingerprint density at radius 1 is 1.60 bits per heavy atom. The molecule has 1 unspecified atom stereocenters. The van der Waals surface area contributed by atoms with Gasteiger partial charge in [-0.3, -0.25) is 0 Å². The van der Waals surface area contributed by atoms with Crippen LogP contribution in [0.3, 0.4) is 0 Å². The second kappa shape index (κ2) is 4.14. The third-order valence-electron chi connectivity index (χ3n) is 2.61. The number of aromatic nitrogens is 2. The summed E-state index contributed by atoms with van der Waals surface area (Å²) >= 11 is 1.37. The predicted octanol–water partition coefficient (Wildman–Crippen LogP) is 1.45. The van der Waals surface area contributed by atoms with Gasteiger partial charge in [-0.2, -0.15) is 4.37 Å². The summed E-state index contributed by atoms with van der Waals surface area (Å²) < 4.78 is 4.14. The monoisotopic (exact) mass is 226 g/mol. The van der Waals surface area contributed by atoms with Gasteiger partial charge in [-0.05, 0) is 37.7 Å². The minimum Gasteiger partial charge on any atom is -0.351 e. The molecule has 0 aliphatic carbocycles. The summed E-state index contributed by atoms with van der Waals surface area (Å²) in [5, 5.41) is 0.908. The molecule has 2 N–H and O–H groups in total. The van der Waals surface area contributed by atoms with E-state index in [9.17, 15) is 4.79 Å². The van der Waals surface area contributed by atoms with Crippen molar-refractivity contribution in [2.75, 3.05) is 6.54 Å². The Kier molecular flexibility index (Phi) is 2.86. The van der Waals surface area contributed by atoms with E-state index in [1.54, 1.807) is 4.90 Å². The Labute approximate surface area is 92.5 Å². The average molecular weight is 226 g/mol. The molecule has 2 amide bonds. The fourth-order valence-electron chi connectivity index (χ4n) is 1.90. The van der Waals surface area contributed by atoms with Crippen LogP contribution in [-0.2, 0) is 0 Å². The number of urea groups is 1. The molecule has 1 aliphatic heterocycles. The number of aryl methyl sites for hydroxylation is 1. The van der Waals surface area contributed by atoms with Crippen LogP contribution < -0.4 is 5.73 Å². The zero-order valence-electron chi connectivity index (χ0n) is 8.64. The zero-order valence-corrected chi connectivity index (χ0v) is 9.46. The molecule has 2 rings (SSSR count). The molecule has 2 heterocycles. The number of amides is 2. The van der Waals surface area contributed by atoms with Crippen LogP contribution >= 0.6 is 11.5 Å². The van der Waals surface area contributed by atoms with Gasteiger partial charge in [0.25, 0.3) is 0 Å². The first-order valence-electron chi connectivity index (χ1n) is 5.05. The van der Waals surface area contributed by atoms with E-state index in [1.807, 2.05) is 6.92 Å². The van der Waals surface area contributed by atoms with Gasteiger partial charge in [0.1, 0.15) is 10.8 Å². The van der Waals surface area contributed by atoms with E-state index in [-0.39, 0.29) is 12.1 Å². The Balaban J connectivity index is 2.21. The lowest BCUT2D eigenvalue weighted by atomic mass is 10.0. The first-order chi connectivity index (χ1) is 7.18. The molecule has 1 fully saturated rings. The first kappa shape index (κ1) is 10.4. The van der Waals surface area contributed by atoms with Crippen molar-refractivity contribution in [3.63, 3.8) is 0 Å². The van der Waals surface area contributed by atoms with Crippen molar-refractivity contribution < 1.29 is 4.79 Å². The third kappa shape index (κ3) is 2.09. The zero-order chi connectivity index (χ0) is 10.8. The lowest BCUT2D eigenvalue weighted by molar-refractivity contribution is 0.159. The fraction of sp³-hybridized carbons (Fsp3) is 0.667. The maximum atomic E-state index is 11.2. The maximum absolute atomic E-state index is 11.2. The van der Waals surface area contributed by atoms with E-state index in [2.05, 4.69) is 9.36 Å². The second-order valence-corrected chi connectivity index (χ2v) is 4.51. The van der Waals surface area contributed by atoms with Crippen molar-refractivity contribution in [2.24, 2.45) is 5.73 Å². The lowest BCUT2D eigenvalue weighted by Gasteiger charge is -2.32. The number of primary amides is 1. The summed E-state index contributed by atoms with van der Waals surface area (Å²) in [5.74, 6) is 0.769. The molecule has 5 nitrogen and oxygen atoms in total. The van der Waals surface area contributed by atoms with Gasteiger partial charge in [-0.25, -0.2) is 9.78 Å². The van der Waals surface area contributed by atoms with Crippen LogP contribution in [0.4, 0.5) is 4.79 Å². The standard InChI is InChI=1S/C9H14N4OS/c1-6-11-8(15-12-6)7-4-2-3-5-13(7)9(10)14/h7H,2-5H2,1H3,(H2,10,14). The molecular formula is C9H14N4OS. The number of carbonyl (C=O) groups excluding carboxylic acids is 1. The molecule has 0 spiro atoms. The molecular weight excluding hydrogens is 212 g/mol. The lowest BCUT2D eigenvalue weighted by Crippen LogP contribution is -2.41. The number of likely N-dealkylation sites (tertiary alicyclic amines) is 1. The molecule has 6 heteroatoms. The molecule has 0 bridgehead atoms. The highest BCUT2D eigenvalue weighted by molar-refractivity contribution is 7.05. The molecule has 1 aliphatic rings. The number of nitrogens with two attached hydrogens (primary N) is 1. The highest BCUT2D eigenvalue weighted by Crippen LogP contribution is 2.31. The van der Waals surface area contributed by atoms with Gasteiger partial charge in [-0.1, -0.05) is 0 Å². The molecule has 0 radical (unpaired) electrons. The maximum Gasteiger partial charge on any atom is 0.315 e. The predicted molar refractivity (Wildman–Crippen MR) is 57.5 cm³/mol. The van der Waals surface area contributed by atoms with E-state index >= 15 is 0 Å². The minimum atomic E-state index is -0.354. The van der Waals surface area contributed by atoms with Crippen molar-refractivity contribution >= 4 is 17.6 Å². The van der Waals surface area contributed by atoms with Crippen LogP contribution in [0.25, 0.3) is 0 Å². The highest BCUT2D eigenvalue weighted by Gasteiger charge is 2.28. The summed E-state index contributed by atoms with van der Waals surface area (Å²) in [4.78, 5) is 17.3. The fourth-order valence-corrected chi connectivity index (χ4v) is 2.71. The van der Waals surface area contributed by atoms with Gasteiger partial charge in [0.2, 0.25) is 0 Å². The smallest absolute Gasteiger partial charge is 0.315 e.